The Kier molecular flexibility index (Phi) is 5.15. The number of rotatable bonds is 4. The van der Waals surface area contributed by atoms with E-state index in [1.54, 1.807) is 4.68 Å². The number of Topliss-reactive ketones (excluding diaryl/α,β-unsaturated/α-hetero) is 1. The number of allylic oxidation sites excluding steroid dienone is 1. The molecule has 1 aliphatic heterocycles. The molecule has 0 aliphatic carbocycles. The highest BCUT2D eigenvalue weighted by atomic mass is 32.2. The van der Waals surface area contributed by atoms with Crippen LogP contribution in [0.25, 0.3) is 17.1 Å². The number of non-ortho nitro benzene ring substituents is 1. The van der Waals surface area contributed by atoms with Crippen LogP contribution < -0.4 is 5.01 Å². The fraction of sp³-hybridized carbons (Fsp3) is 0.143. The summed E-state index contributed by atoms with van der Waals surface area (Å²) in [4.78, 5) is 36.1. The van der Waals surface area contributed by atoms with Crippen molar-refractivity contribution >= 4 is 34.8 Å². The highest BCUT2D eigenvalue weighted by Gasteiger charge is 2.35. The molecule has 0 saturated carbocycles. The molecule has 0 spiro atoms. The molecule has 4 rings (SSSR count). The van der Waals surface area contributed by atoms with Crippen molar-refractivity contribution in [2.75, 3.05) is 5.01 Å². The molecule has 2 aromatic carbocycles. The van der Waals surface area contributed by atoms with Crippen molar-refractivity contribution in [3.05, 3.63) is 74.7 Å². The van der Waals surface area contributed by atoms with E-state index in [9.17, 15) is 19.7 Å². The van der Waals surface area contributed by atoms with Crippen molar-refractivity contribution in [2.45, 2.75) is 25.9 Å². The average molecular weight is 435 g/mol. The second-order valence-electron chi connectivity index (χ2n) is 6.95. The number of ketones is 1. The third kappa shape index (κ3) is 3.61. The number of carbonyl (C=O) groups is 2. The quantitative estimate of drug-likeness (QED) is 0.454. The summed E-state index contributed by atoms with van der Waals surface area (Å²) in [5, 5.41) is 21.2. The van der Waals surface area contributed by atoms with Gasteiger partial charge in [-0.25, -0.2) is 5.01 Å². The van der Waals surface area contributed by atoms with E-state index in [2.05, 4.69) is 10.2 Å². The molecule has 3 aromatic rings. The molecule has 1 aromatic heterocycles. The molecule has 0 fully saturated rings. The molecule has 156 valence electrons. The minimum Gasteiger partial charge on any atom is -0.294 e. The van der Waals surface area contributed by atoms with Crippen molar-refractivity contribution in [1.82, 2.24) is 14.9 Å². The van der Waals surface area contributed by atoms with E-state index < -0.39 is 4.92 Å². The fourth-order valence-electron chi connectivity index (χ4n) is 3.26. The summed E-state index contributed by atoms with van der Waals surface area (Å²) in [7, 11) is 0. The SMILES string of the molecule is CC(=O)C1=C(c2ccc([N+](=O)[O-])cc2)N(C(C)=O)n2c(nnc2-c2ccc(C)cc2)S1. The number of fused-ring (bicyclic) bond motifs is 1. The molecular formula is C21H17N5O4S. The Hall–Kier alpha value is -3.79. The molecule has 1 aliphatic rings. The number of hydrogen-bond acceptors (Lipinski definition) is 7. The molecule has 0 radical (unpaired) electrons. The van der Waals surface area contributed by atoms with Crippen LogP contribution in [-0.2, 0) is 9.59 Å². The van der Waals surface area contributed by atoms with Gasteiger partial charge in [-0.2, -0.15) is 4.68 Å². The first-order valence-corrected chi connectivity index (χ1v) is 10.1. The van der Waals surface area contributed by atoms with Gasteiger partial charge in [0.1, 0.15) is 0 Å². The molecule has 0 unspecified atom stereocenters. The van der Waals surface area contributed by atoms with Crippen LogP contribution in [-0.4, -0.2) is 31.5 Å². The largest absolute Gasteiger partial charge is 0.294 e. The molecule has 31 heavy (non-hydrogen) atoms. The number of hydrogen-bond donors (Lipinski definition) is 0. The molecular weight excluding hydrogens is 418 g/mol. The Morgan fingerprint density at radius 3 is 2.13 bits per heavy atom. The Balaban J connectivity index is 1.93. The van der Waals surface area contributed by atoms with E-state index in [4.69, 9.17) is 0 Å². The summed E-state index contributed by atoms with van der Waals surface area (Å²) in [5.74, 6) is -0.169. The van der Waals surface area contributed by atoms with Gasteiger partial charge in [-0.1, -0.05) is 29.8 Å². The van der Waals surface area contributed by atoms with E-state index in [0.29, 0.717) is 27.1 Å². The summed E-state index contributed by atoms with van der Waals surface area (Å²) < 4.78 is 1.57. The number of nitro groups is 1. The molecule has 0 saturated heterocycles. The minimum absolute atomic E-state index is 0.0862. The number of benzene rings is 2. The van der Waals surface area contributed by atoms with E-state index in [0.717, 1.165) is 22.9 Å². The molecule has 2 heterocycles. The van der Waals surface area contributed by atoms with E-state index in [-0.39, 0.29) is 17.4 Å². The lowest BCUT2D eigenvalue weighted by atomic mass is 10.1. The number of nitro benzene ring substituents is 1. The summed E-state index contributed by atoms with van der Waals surface area (Å²) in [5.41, 5.74) is 2.57. The number of carbonyl (C=O) groups excluding carboxylic acids is 2. The molecule has 10 heteroatoms. The topological polar surface area (TPSA) is 111 Å². The van der Waals surface area contributed by atoms with E-state index >= 15 is 0 Å². The van der Waals surface area contributed by atoms with Crippen LogP contribution in [0.1, 0.15) is 25.0 Å². The van der Waals surface area contributed by atoms with Crippen molar-refractivity contribution in [1.29, 1.82) is 0 Å². The van der Waals surface area contributed by atoms with Crippen LogP contribution in [0, 0.1) is 17.0 Å². The van der Waals surface area contributed by atoms with Crippen molar-refractivity contribution in [2.24, 2.45) is 0 Å². The first-order valence-electron chi connectivity index (χ1n) is 9.29. The van der Waals surface area contributed by atoms with Gasteiger partial charge in [0.2, 0.25) is 11.1 Å². The van der Waals surface area contributed by atoms with Gasteiger partial charge in [0.25, 0.3) is 5.69 Å². The number of nitrogens with zero attached hydrogens (tertiary/aromatic N) is 5. The highest BCUT2D eigenvalue weighted by Crippen LogP contribution is 2.41. The Labute approximate surface area is 181 Å². The zero-order valence-corrected chi connectivity index (χ0v) is 17.7. The second-order valence-corrected chi connectivity index (χ2v) is 7.93. The summed E-state index contributed by atoms with van der Waals surface area (Å²) in [6.07, 6.45) is 0. The maximum absolute atomic E-state index is 12.8. The smallest absolute Gasteiger partial charge is 0.269 e. The van der Waals surface area contributed by atoms with Crippen LogP contribution in [0.4, 0.5) is 5.69 Å². The van der Waals surface area contributed by atoms with Gasteiger partial charge in [0, 0.05) is 30.2 Å². The molecule has 0 atom stereocenters. The van der Waals surface area contributed by atoms with Gasteiger partial charge in [-0.05, 0) is 37.7 Å². The van der Waals surface area contributed by atoms with Crippen LogP contribution >= 0.6 is 11.8 Å². The van der Waals surface area contributed by atoms with E-state index in [1.807, 2.05) is 31.2 Å². The van der Waals surface area contributed by atoms with Crippen LogP contribution in [0.5, 0.6) is 0 Å². The lowest BCUT2D eigenvalue weighted by Crippen LogP contribution is -2.41. The number of aromatic nitrogens is 3. The number of amides is 1. The van der Waals surface area contributed by atoms with Crippen LogP contribution in [0.3, 0.4) is 0 Å². The highest BCUT2D eigenvalue weighted by molar-refractivity contribution is 8.04. The maximum Gasteiger partial charge on any atom is 0.269 e. The molecule has 0 N–H and O–H groups in total. The molecule has 0 bridgehead atoms. The minimum atomic E-state index is -0.504. The summed E-state index contributed by atoms with van der Waals surface area (Å²) in [6, 6.07) is 13.3. The normalized spacial score (nSPS) is 13.2. The van der Waals surface area contributed by atoms with Crippen molar-refractivity contribution in [3.63, 3.8) is 0 Å². The lowest BCUT2D eigenvalue weighted by Gasteiger charge is -2.32. The van der Waals surface area contributed by atoms with Gasteiger partial charge in [0.05, 0.1) is 15.5 Å². The van der Waals surface area contributed by atoms with Crippen molar-refractivity contribution < 1.29 is 14.5 Å². The number of thioether (sulfide) groups is 1. The third-order valence-corrected chi connectivity index (χ3v) is 5.83. The maximum atomic E-state index is 12.8. The second kappa shape index (κ2) is 7.80. The summed E-state index contributed by atoms with van der Waals surface area (Å²) in [6.45, 7) is 4.75. The van der Waals surface area contributed by atoms with Crippen LogP contribution in [0.15, 0.2) is 58.6 Å². The Morgan fingerprint density at radius 1 is 0.968 bits per heavy atom. The first-order chi connectivity index (χ1) is 14.8. The van der Waals surface area contributed by atoms with E-state index in [1.165, 1.54) is 43.1 Å². The standard InChI is InChI=1S/C21H17N5O4S/c1-12-4-6-16(7-5-12)20-22-23-21-25(20)24(14(3)28)18(19(31-21)13(2)27)15-8-10-17(11-9-15)26(29)30/h4-11H,1-3H3. The van der Waals surface area contributed by atoms with Gasteiger partial charge >= 0.3 is 0 Å². The predicted molar refractivity (Wildman–Crippen MR) is 116 cm³/mol. The zero-order valence-electron chi connectivity index (χ0n) is 16.9. The Morgan fingerprint density at radius 2 is 1.58 bits per heavy atom. The molecule has 9 nitrogen and oxygen atoms in total. The average Bonchev–Trinajstić information content (AvgIpc) is 3.16. The monoisotopic (exact) mass is 435 g/mol. The van der Waals surface area contributed by atoms with Gasteiger partial charge in [-0.3, -0.25) is 19.7 Å². The van der Waals surface area contributed by atoms with Gasteiger partial charge in [0.15, 0.2) is 11.6 Å². The first kappa shape index (κ1) is 20.5. The predicted octanol–water partition coefficient (Wildman–Crippen LogP) is 3.71. The summed E-state index contributed by atoms with van der Waals surface area (Å²) >= 11 is 1.11. The van der Waals surface area contributed by atoms with Gasteiger partial charge < -0.3 is 0 Å². The lowest BCUT2D eigenvalue weighted by molar-refractivity contribution is -0.384. The number of aryl methyl sites for hydroxylation is 1. The third-order valence-electron chi connectivity index (χ3n) is 4.71. The molecule has 1 amide bonds. The fourth-order valence-corrected chi connectivity index (χ4v) is 4.22. The van der Waals surface area contributed by atoms with Crippen LogP contribution in [0.2, 0.25) is 0 Å². The zero-order chi connectivity index (χ0) is 22.3. The van der Waals surface area contributed by atoms with Gasteiger partial charge in [-0.15, -0.1) is 10.2 Å². The Bertz CT molecular complexity index is 1250. The van der Waals surface area contributed by atoms with Crippen molar-refractivity contribution in [3.8, 4) is 11.4 Å².